The van der Waals surface area contributed by atoms with Crippen molar-refractivity contribution < 1.29 is 37.1 Å². The van der Waals surface area contributed by atoms with Gasteiger partial charge in [0, 0.05) is 34.8 Å². The number of alkyl halides is 3. The number of hydrogen-bond acceptors (Lipinski definition) is 6. The summed E-state index contributed by atoms with van der Waals surface area (Å²) in [6.07, 6.45) is -3.37. The van der Waals surface area contributed by atoms with Crippen LogP contribution in [0, 0.1) is 0 Å². The highest BCUT2D eigenvalue weighted by Crippen LogP contribution is 2.36. The fraction of sp³-hybridized carbons (Fsp3) is 0.0294. The van der Waals surface area contributed by atoms with Crippen LogP contribution in [-0.4, -0.2) is 28.6 Å². The van der Waals surface area contributed by atoms with E-state index in [9.17, 15) is 32.3 Å². The number of hydrogen-bond donors (Lipinski definition) is 4. The topological polar surface area (TPSA) is 139 Å². The second-order valence-electron chi connectivity index (χ2n) is 9.92. The number of anilines is 2. The van der Waals surface area contributed by atoms with Crippen LogP contribution < -0.4 is 26.2 Å². The molecule has 48 heavy (non-hydrogen) atoms. The summed E-state index contributed by atoms with van der Waals surface area (Å²) in [4.78, 5) is 54.9. The third-order valence-electron chi connectivity index (χ3n) is 6.58. The van der Waals surface area contributed by atoms with Gasteiger partial charge in [-0.1, -0.05) is 60.1 Å². The number of pyridine rings is 1. The maximum atomic E-state index is 13.1. The number of halogens is 4. The Kier molecular flexibility index (Phi) is 10.0. The summed E-state index contributed by atoms with van der Waals surface area (Å²) in [6.45, 7) is 0. The van der Waals surface area contributed by atoms with Crippen LogP contribution in [0.2, 0.25) is 5.02 Å². The standard InChI is InChI=1S/C34H23ClF3N5O5/c35-28-15-12-22(18-27(28)34(36,37)38)41-33(47)40-21-10-13-23(14-11-21)48-24-16-17-39-29(19-24)32(46)43-42-31(45)26-9-5-4-8-25(26)30(44)20-6-2-1-3-7-20/h1-19H,(H,42,45)(H,43,46)(H2,40,41,47). The number of urea groups is 1. The number of nitrogens with one attached hydrogen (secondary N) is 4. The van der Waals surface area contributed by atoms with Gasteiger partial charge < -0.3 is 15.4 Å². The lowest BCUT2D eigenvalue weighted by Gasteiger charge is -2.13. The van der Waals surface area contributed by atoms with Gasteiger partial charge in [-0.2, -0.15) is 13.2 Å². The normalized spacial score (nSPS) is 10.8. The van der Waals surface area contributed by atoms with Gasteiger partial charge in [-0.25, -0.2) is 4.79 Å². The molecule has 0 aliphatic carbocycles. The molecule has 5 aromatic rings. The minimum atomic E-state index is -4.69. The van der Waals surface area contributed by atoms with Crippen molar-refractivity contribution in [1.29, 1.82) is 0 Å². The number of carbonyl (C=O) groups excluding carboxylic acids is 4. The maximum Gasteiger partial charge on any atom is 0.417 e. The molecule has 0 saturated carbocycles. The number of carbonyl (C=O) groups is 4. The molecule has 4 aromatic carbocycles. The van der Waals surface area contributed by atoms with Gasteiger partial charge in [-0.05, 0) is 54.6 Å². The molecule has 10 nitrogen and oxygen atoms in total. The third-order valence-corrected chi connectivity index (χ3v) is 6.91. The predicted octanol–water partition coefficient (Wildman–Crippen LogP) is 7.50. The fourth-order valence-electron chi connectivity index (χ4n) is 4.32. The van der Waals surface area contributed by atoms with Gasteiger partial charge >= 0.3 is 12.2 Å². The molecular formula is C34H23ClF3N5O5. The average Bonchev–Trinajstić information content (AvgIpc) is 3.08. The Labute approximate surface area is 275 Å². The Morgan fingerprint density at radius 3 is 2.00 bits per heavy atom. The van der Waals surface area contributed by atoms with E-state index >= 15 is 0 Å². The molecule has 242 valence electrons. The molecule has 14 heteroatoms. The molecule has 0 aliphatic heterocycles. The van der Waals surface area contributed by atoms with Crippen molar-refractivity contribution in [2.45, 2.75) is 6.18 Å². The Morgan fingerprint density at radius 2 is 1.29 bits per heavy atom. The van der Waals surface area contributed by atoms with Crippen molar-refractivity contribution in [3.8, 4) is 11.5 Å². The van der Waals surface area contributed by atoms with Gasteiger partial charge in [-0.15, -0.1) is 0 Å². The third kappa shape index (κ3) is 8.33. The van der Waals surface area contributed by atoms with Crippen molar-refractivity contribution in [2.24, 2.45) is 0 Å². The first-order valence-electron chi connectivity index (χ1n) is 14.0. The van der Waals surface area contributed by atoms with E-state index in [4.69, 9.17) is 16.3 Å². The molecule has 1 heterocycles. The first kappa shape index (κ1) is 33.2. The smallest absolute Gasteiger partial charge is 0.417 e. The van der Waals surface area contributed by atoms with Crippen molar-refractivity contribution in [3.05, 3.63) is 148 Å². The van der Waals surface area contributed by atoms with Crippen LogP contribution in [0.4, 0.5) is 29.3 Å². The SMILES string of the molecule is O=C(Nc1ccc(Oc2ccnc(C(=O)NNC(=O)c3ccccc3C(=O)c3ccccc3)c2)cc1)Nc1ccc(Cl)c(C(F)(F)F)c1. The number of amides is 4. The minimum Gasteiger partial charge on any atom is -0.457 e. The Balaban J connectivity index is 1.16. The molecule has 4 amide bonds. The quantitative estimate of drug-likeness (QED) is 0.0994. The molecule has 4 N–H and O–H groups in total. The van der Waals surface area contributed by atoms with Gasteiger partial charge in [0.15, 0.2) is 5.78 Å². The summed E-state index contributed by atoms with van der Waals surface area (Å²) in [5.74, 6) is -1.28. The summed E-state index contributed by atoms with van der Waals surface area (Å²) in [5.41, 5.74) is 4.22. The zero-order valence-electron chi connectivity index (χ0n) is 24.5. The van der Waals surface area contributed by atoms with Crippen molar-refractivity contribution in [3.63, 3.8) is 0 Å². The maximum absolute atomic E-state index is 13.1. The number of aromatic nitrogens is 1. The number of hydrazine groups is 1. The highest BCUT2D eigenvalue weighted by molar-refractivity contribution is 6.31. The van der Waals surface area contributed by atoms with Gasteiger partial charge in [0.1, 0.15) is 17.2 Å². The van der Waals surface area contributed by atoms with Gasteiger partial charge in [0.2, 0.25) is 0 Å². The number of benzene rings is 4. The number of nitrogens with zero attached hydrogens (tertiary/aromatic N) is 1. The van der Waals surface area contributed by atoms with E-state index in [0.717, 1.165) is 12.1 Å². The predicted molar refractivity (Wildman–Crippen MR) is 171 cm³/mol. The zero-order valence-corrected chi connectivity index (χ0v) is 25.2. The minimum absolute atomic E-state index is 0.0627. The van der Waals surface area contributed by atoms with E-state index in [2.05, 4.69) is 26.5 Å². The van der Waals surface area contributed by atoms with Crippen LogP contribution >= 0.6 is 11.6 Å². The van der Waals surface area contributed by atoms with Crippen molar-refractivity contribution in [1.82, 2.24) is 15.8 Å². The van der Waals surface area contributed by atoms with Gasteiger partial charge in [0.05, 0.1) is 16.1 Å². The molecule has 5 rings (SSSR count). The lowest BCUT2D eigenvalue weighted by atomic mass is 9.98. The second kappa shape index (κ2) is 14.5. The van der Waals surface area contributed by atoms with E-state index in [1.807, 2.05) is 0 Å². The fourth-order valence-corrected chi connectivity index (χ4v) is 4.55. The van der Waals surface area contributed by atoms with E-state index < -0.39 is 34.6 Å². The summed E-state index contributed by atoms with van der Waals surface area (Å²) in [6, 6.07) is 25.7. The van der Waals surface area contributed by atoms with E-state index in [1.54, 1.807) is 42.5 Å². The highest BCUT2D eigenvalue weighted by atomic mass is 35.5. The number of ketones is 1. The van der Waals surface area contributed by atoms with Crippen LogP contribution in [0.3, 0.4) is 0 Å². The molecule has 0 radical (unpaired) electrons. The van der Waals surface area contributed by atoms with E-state index in [1.165, 1.54) is 60.8 Å². The molecule has 0 unspecified atom stereocenters. The number of ether oxygens (including phenoxy) is 1. The molecule has 0 saturated heterocycles. The lowest BCUT2D eigenvalue weighted by molar-refractivity contribution is -0.137. The summed E-state index contributed by atoms with van der Waals surface area (Å²) >= 11 is 5.61. The largest absolute Gasteiger partial charge is 0.457 e. The molecule has 0 atom stereocenters. The Hall–Kier alpha value is -6.21. The van der Waals surface area contributed by atoms with E-state index in [0.29, 0.717) is 17.0 Å². The average molecular weight is 674 g/mol. The first-order valence-corrected chi connectivity index (χ1v) is 14.3. The summed E-state index contributed by atoms with van der Waals surface area (Å²) < 4.78 is 45.1. The van der Waals surface area contributed by atoms with Crippen LogP contribution in [0.1, 0.15) is 42.3 Å². The Morgan fingerprint density at radius 1 is 0.667 bits per heavy atom. The van der Waals surface area contributed by atoms with Crippen molar-refractivity contribution >= 4 is 46.6 Å². The number of rotatable bonds is 8. The van der Waals surface area contributed by atoms with Crippen LogP contribution in [0.15, 0.2) is 115 Å². The zero-order chi connectivity index (χ0) is 34.3. The van der Waals surface area contributed by atoms with Crippen LogP contribution in [0.5, 0.6) is 11.5 Å². The first-order chi connectivity index (χ1) is 23.0. The Bertz CT molecular complexity index is 1990. The monoisotopic (exact) mass is 673 g/mol. The molecule has 1 aromatic heterocycles. The van der Waals surface area contributed by atoms with Gasteiger partial charge in [-0.3, -0.25) is 30.2 Å². The van der Waals surface area contributed by atoms with Gasteiger partial charge in [0.25, 0.3) is 11.8 Å². The molecule has 0 aliphatic rings. The lowest BCUT2D eigenvalue weighted by Crippen LogP contribution is -2.42. The van der Waals surface area contributed by atoms with E-state index in [-0.39, 0.29) is 34.0 Å². The summed E-state index contributed by atoms with van der Waals surface area (Å²) in [7, 11) is 0. The second-order valence-corrected chi connectivity index (χ2v) is 10.3. The molecular weight excluding hydrogens is 651 g/mol. The highest BCUT2D eigenvalue weighted by Gasteiger charge is 2.33. The van der Waals surface area contributed by atoms with Crippen LogP contribution in [0.25, 0.3) is 0 Å². The molecule has 0 bridgehead atoms. The van der Waals surface area contributed by atoms with Crippen molar-refractivity contribution in [2.75, 3.05) is 10.6 Å². The molecule has 0 fully saturated rings. The molecule has 0 spiro atoms. The summed E-state index contributed by atoms with van der Waals surface area (Å²) in [5, 5.41) is 4.32. The van der Waals surface area contributed by atoms with Crippen LogP contribution in [-0.2, 0) is 6.18 Å².